The standard InChI is InChI=1S/C19H26ClFN4O5S/c1-11-4-15(24-31(28,29)10-21)16(25(11)18(26)27)9-30-14-2-3-19(6-12(19)5-14)17-22-7-13(20)8-23-17/h7-8,11-12,14-16,24H,2-6,9-10H2,1H3,(H,26,27)/t11-,12?,14?,15+,16+,19?/m1/s1. The lowest BCUT2D eigenvalue weighted by atomic mass is 9.86. The van der Waals surface area contributed by atoms with Gasteiger partial charge < -0.3 is 9.84 Å². The molecule has 31 heavy (non-hydrogen) atoms. The summed E-state index contributed by atoms with van der Waals surface area (Å²) in [6.07, 6.45) is 5.71. The molecule has 9 nitrogen and oxygen atoms in total. The fourth-order valence-electron chi connectivity index (χ4n) is 5.27. The molecule has 1 aromatic rings. The summed E-state index contributed by atoms with van der Waals surface area (Å²) in [5.41, 5.74) is -0.0291. The predicted molar refractivity (Wildman–Crippen MR) is 110 cm³/mol. The van der Waals surface area contributed by atoms with Gasteiger partial charge in [0.25, 0.3) is 0 Å². The van der Waals surface area contributed by atoms with E-state index in [0.717, 1.165) is 31.5 Å². The number of likely N-dealkylation sites (tertiary alicyclic amines) is 1. The monoisotopic (exact) mass is 476 g/mol. The molecule has 4 rings (SSSR count). The number of nitrogens with one attached hydrogen (secondary N) is 1. The minimum atomic E-state index is -4.11. The number of hydrogen-bond donors (Lipinski definition) is 2. The van der Waals surface area contributed by atoms with Gasteiger partial charge in [-0.2, -0.15) is 0 Å². The van der Waals surface area contributed by atoms with Crippen LogP contribution in [0.4, 0.5) is 9.18 Å². The van der Waals surface area contributed by atoms with E-state index in [4.69, 9.17) is 16.3 Å². The molecule has 172 valence electrons. The molecular formula is C19H26ClFN4O5S. The maximum atomic E-state index is 12.8. The number of carboxylic acid groups (broad SMARTS) is 1. The summed E-state index contributed by atoms with van der Waals surface area (Å²) in [7, 11) is -4.11. The molecule has 2 N–H and O–H groups in total. The number of rotatable bonds is 7. The van der Waals surface area contributed by atoms with E-state index in [1.807, 2.05) is 0 Å². The van der Waals surface area contributed by atoms with Gasteiger partial charge in [0.15, 0.2) is 0 Å². The molecule has 2 saturated carbocycles. The number of sulfonamides is 1. The van der Waals surface area contributed by atoms with Gasteiger partial charge in [-0.15, -0.1) is 0 Å². The van der Waals surface area contributed by atoms with Crippen LogP contribution in [0.2, 0.25) is 5.02 Å². The molecule has 1 aliphatic heterocycles. The lowest BCUT2D eigenvalue weighted by molar-refractivity contribution is -0.00876. The second-order valence-electron chi connectivity index (χ2n) is 8.80. The van der Waals surface area contributed by atoms with Crippen molar-refractivity contribution in [3.05, 3.63) is 23.2 Å². The first kappa shape index (κ1) is 22.6. The Hall–Kier alpha value is -1.56. The van der Waals surface area contributed by atoms with Crippen molar-refractivity contribution >= 4 is 27.7 Å². The van der Waals surface area contributed by atoms with Crippen LogP contribution in [0.1, 0.15) is 44.9 Å². The van der Waals surface area contributed by atoms with Crippen molar-refractivity contribution < 1.29 is 27.4 Å². The summed E-state index contributed by atoms with van der Waals surface area (Å²) >= 11 is 5.89. The van der Waals surface area contributed by atoms with Crippen LogP contribution in [0.15, 0.2) is 12.4 Å². The van der Waals surface area contributed by atoms with Crippen LogP contribution in [0.3, 0.4) is 0 Å². The average Bonchev–Trinajstić information content (AvgIpc) is 3.37. The molecule has 0 aromatic carbocycles. The van der Waals surface area contributed by atoms with E-state index in [1.54, 1.807) is 19.3 Å². The first-order chi connectivity index (χ1) is 14.6. The van der Waals surface area contributed by atoms with E-state index < -0.39 is 40.2 Å². The molecule has 0 bridgehead atoms. The van der Waals surface area contributed by atoms with Crippen LogP contribution >= 0.6 is 11.6 Å². The lowest BCUT2D eigenvalue weighted by Gasteiger charge is -2.32. The highest BCUT2D eigenvalue weighted by molar-refractivity contribution is 7.89. The first-order valence-electron chi connectivity index (χ1n) is 10.3. The largest absolute Gasteiger partial charge is 0.465 e. The van der Waals surface area contributed by atoms with E-state index in [0.29, 0.717) is 10.9 Å². The fraction of sp³-hybridized carbons (Fsp3) is 0.737. The minimum absolute atomic E-state index is 0.0291. The molecule has 0 spiro atoms. The Morgan fingerprint density at radius 3 is 2.74 bits per heavy atom. The van der Waals surface area contributed by atoms with Crippen molar-refractivity contribution in [3.8, 4) is 0 Å². The second-order valence-corrected chi connectivity index (χ2v) is 10.9. The van der Waals surface area contributed by atoms with E-state index in [1.165, 1.54) is 4.90 Å². The summed E-state index contributed by atoms with van der Waals surface area (Å²) in [6, 6.07) is -3.38. The van der Waals surface area contributed by atoms with Gasteiger partial charge in [-0.3, -0.25) is 4.90 Å². The van der Waals surface area contributed by atoms with E-state index in [-0.39, 0.29) is 24.5 Å². The summed E-state index contributed by atoms with van der Waals surface area (Å²) in [5, 5.41) is 10.1. The third-order valence-corrected chi connectivity index (χ3v) is 7.99. The third kappa shape index (κ3) is 4.50. The van der Waals surface area contributed by atoms with Crippen molar-refractivity contribution in [2.75, 3.05) is 12.6 Å². The molecule has 1 saturated heterocycles. The third-order valence-electron chi connectivity index (χ3n) is 6.85. The van der Waals surface area contributed by atoms with Gasteiger partial charge in [-0.1, -0.05) is 11.6 Å². The van der Waals surface area contributed by atoms with Crippen LogP contribution in [0.25, 0.3) is 0 Å². The number of fused-ring (bicyclic) bond motifs is 1. The van der Waals surface area contributed by atoms with Crippen molar-refractivity contribution in [1.82, 2.24) is 19.6 Å². The van der Waals surface area contributed by atoms with Crippen LogP contribution in [0, 0.1) is 5.92 Å². The van der Waals surface area contributed by atoms with Gasteiger partial charge in [-0.25, -0.2) is 32.3 Å². The highest BCUT2D eigenvalue weighted by Gasteiger charge is 2.60. The predicted octanol–water partition coefficient (Wildman–Crippen LogP) is 2.31. The normalized spacial score (nSPS) is 35.1. The number of hydrogen-bond acceptors (Lipinski definition) is 6. The summed E-state index contributed by atoms with van der Waals surface area (Å²) in [5.74, 6) is 1.20. The molecule has 1 amide bonds. The Morgan fingerprint density at radius 1 is 1.42 bits per heavy atom. The Balaban J connectivity index is 1.38. The smallest absolute Gasteiger partial charge is 0.407 e. The van der Waals surface area contributed by atoms with Crippen molar-refractivity contribution in [1.29, 1.82) is 0 Å². The van der Waals surface area contributed by atoms with Gasteiger partial charge in [0, 0.05) is 29.9 Å². The van der Waals surface area contributed by atoms with E-state index in [2.05, 4.69) is 14.7 Å². The van der Waals surface area contributed by atoms with Crippen molar-refractivity contribution in [2.24, 2.45) is 5.92 Å². The number of halogens is 2. The SMILES string of the molecule is C[C@@H]1C[C@H](NS(=O)(=O)CF)[C@H](COC2CCC3(c4ncc(Cl)cn4)CC3C2)N1C(=O)O. The zero-order valence-electron chi connectivity index (χ0n) is 17.1. The molecule has 3 aliphatic rings. The maximum absolute atomic E-state index is 12.8. The van der Waals surface area contributed by atoms with Gasteiger partial charge in [0.05, 0.1) is 23.8 Å². The molecule has 6 atom stereocenters. The summed E-state index contributed by atoms with van der Waals surface area (Å²) in [6.45, 7) is 1.76. The van der Waals surface area contributed by atoms with Gasteiger partial charge >= 0.3 is 6.09 Å². The number of amides is 1. The van der Waals surface area contributed by atoms with Gasteiger partial charge in [0.1, 0.15) is 5.82 Å². The number of alkyl halides is 1. The molecule has 2 heterocycles. The molecule has 12 heteroatoms. The Kier molecular flexibility index (Phi) is 6.14. The fourth-order valence-corrected chi connectivity index (χ4v) is 6.14. The van der Waals surface area contributed by atoms with Crippen LogP contribution in [-0.4, -0.2) is 71.3 Å². The van der Waals surface area contributed by atoms with Crippen LogP contribution < -0.4 is 4.72 Å². The summed E-state index contributed by atoms with van der Waals surface area (Å²) < 4.78 is 44.6. The Morgan fingerprint density at radius 2 is 2.13 bits per heavy atom. The zero-order chi connectivity index (χ0) is 22.4. The van der Waals surface area contributed by atoms with Gasteiger partial charge in [0.2, 0.25) is 16.0 Å². The lowest BCUT2D eigenvalue weighted by Crippen LogP contribution is -2.50. The zero-order valence-corrected chi connectivity index (χ0v) is 18.6. The van der Waals surface area contributed by atoms with Crippen LogP contribution in [0.5, 0.6) is 0 Å². The highest BCUT2D eigenvalue weighted by atomic mass is 35.5. The molecular weight excluding hydrogens is 451 g/mol. The van der Waals surface area contributed by atoms with E-state index in [9.17, 15) is 22.7 Å². The van der Waals surface area contributed by atoms with Crippen molar-refractivity contribution in [3.63, 3.8) is 0 Å². The summed E-state index contributed by atoms with van der Waals surface area (Å²) in [4.78, 5) is 21.7. The number of nitrogens with zero attached hydrogens (tertiary/aromatic N) is 3. The molecule has 2 aliphatic carbocycles. The average molecular weight is 477 g/mol. The quantitative estimate of drug-likeness (QED) is 0.619. The minimum Gasteiger partial charge on any atom is -0.465 e. The Bertz CT molecular complexity index is 936. The highest BCUT2D eigenvalue weighted by Crippen LogP contribution is 2.61. The first-order valence-corrected chi connectivity index (χ1v) is 12.3. The Labute approximate surface area is 185 Å². The van der Waals surface area contributed by atoms with Crippen molar-refractivity contribution in [2.45, 2.75) is 68.7 Å². The molecule has 3 unspecified atom stereocenters. The number of carbonyl (C=O) groups is 1. The maximum Gasteiger partial charge on any atom is 0.407 e. The molecule has 0 radical (unpaired) electrons. The molecule has 3 fully saturated rings. The molecule has 1 aromatic heterocycles. The number of ether oxygens (including phenoxy) is 1. The number of aromatic nitrogens is 2. The van der Waals surface area contributed by atoms with E-state index >= 15 is 0 Å². The van der Waals surface area contributed by atoms with Crippen LogP contribution in [-0.2, 0) is 20.2 Å². The van der Waals surface area contributed by atoms with Gasteiger partial charge in [-0.05, 0) is 44.9 Å². The topological polar surface area (TPSA) is 122 Å². The second kappa shape index (κ2) is 8.42.